The molecule has 1 saturated carbocycles. The van der Waals surface area contributed by atoms with Crippen molar-refractivity contribution in [3.05, 3.63) is 6.07 Å². The number of nitrogen functional groups attached to an aromatic ring is 2. The molecule has 1 aliphatic rings. The number of nitrogens with zero attached hydrogens (tertiary/aromatic N) is 2. The van der Waals surface area contributed by atoms with E-state index >= 15 is 0 Å². The number of rotatable bonds is 2. The Morgan fingerprint density at radius 3 is 2.38 bits per heavy atom. The maximum Gasteiger partial charge on any atom is 0.225 e. The molecule has 1 heterocycles. The second-order valence-electron chi connectivity index (χ2n) is 4.22. The highest BCUT2D eigenvalue weighted by atomic mass is 16.5. The molecule has 0 bridgehead atoms. The zero-order valence-corrected chi connectivity index (χ0v) is 9.35. The fourth-order valence-electron chi connectivity index (χ4n) is 2.05. The van der Waals surface area contributed by atoms with Gasteiger partial charge in [0.15, 0.2) is 0 Å². The van der Waals surface area contributed by atoms with Crippen LogP contribution in [0.2, 0.25) is 0 Å². The van der Waals surface area contributed by atoms with Gasteiger partial charge in [0.2, 0.25) is 11.8 Å². The first-order chi connectivity index (χ1) is 7.74. The molecule has 1 aromatic rings. The first-order valence-electron chi connectivity index (χ1n) is 5.81. The highest BCUT2D eigenvalue weighted by Gasteiger charge is 2.14. The van der Waals surface area contributed by atoms with Gasteiger partial charge in [-0.05, 0) is 25.7 Å². The average Bonchev–Trinajstić information content (AvgIpc) is 2.44. The van der Waals surface area contributed by atoms with Crippen LogP contribution in [0.4, 0.5) is 11.8 Å². The van der Waals surface area contributed by atoms with Crippen LogP contribution < -0.4 is 16.2 Å². The van der Waals surface area contributed by atoms with Crippen LogP contribution in [0.1, 0.15) is 38.5 Å². The molecule has 2 rings (SSSR count). The topological polar surface area (TPSA) is 87.0 Å². The van der Waals surface area contributed by atoms with E-state index in [1.807, 2.05) is 0 Å². The van der Waals surface area contributed by atoms with Gasteiger partial charge in [0, 0.05) is 6.07 Å². The average molecular weight is 222 g/mol. The third-order valence-corrected chi connectivity index (χ3v) is 2.83. The summed E-state index contributed by atoms with van der Waals surface area (Å²) < 4.78 is 5.79. The molecule has 5 nitrogen and oxygen atoms in total. The molecule has 16 heavy (non-hydrogen) atoms. The Bertz CT molecular complexity index is 328. The Hall–Kier alpha value is -1.52. The molecule has 4 N–H and O–H groups in total. The van der Waals surface area contributed by atoms with E-state index in [1.54, 1.807) is 6.07 Å². The third kappa shape index (κ3) is 2.98. The molecule has 88 valence electrons. The van der Waals surface area contributed by atoms with Crippen LogP contribution in [-0.4, -0.2) is 16.1 Å². The molecular weight excluding hydrogens is 204 g/mol. The van der Waals surface area contributed by atoms with E-state index in [9.17, 15) is 0 Å². The van der Waals surface area contributed by atoms with Gasteiger partial charge in [-0.1, -0.05) is 12.8 Å². The van der Waals surface area contributed by atoms with Crippen LogP contribution in [0, 0.1) is 0 Å². The van der Waals surface area contributed by atoms with Gasteiger partial charge in [0.25, 0.3) is 0 Å². The minimum Gasteiger partial charge on any atom is -0.474 e. The van der Waals surface area contributed by atoms with E-state index in [-0.39, 0.29) is 12.1 Å². The third-order valence-electron chi connectivity index (χ3n) is 2.83. The molecule has 5 heteroatoms. The molecule has 0 radical (unpaired) electrons. The number of nitrogens with two attached hydrogens (primary N) is 2. The van der Waals surface area contributed by atoms with Crippen LogP contribution in [0.25, 0.3) is 0 Å². The highest BCUT2D eigenvalue weighted by molar-refractivity contribution is 5.38. The van der Waals surface area contributed by atoms with Gasteiger partial charge >= 0.3 is 0 Å². The van der Waals surface area contributed by atoms with Crippen LogP contribution in [0.3, 0.4) is 0 Å². The largest absolute Gasteiger partial charge is 0.474 e. The summed E-state index contributed by atoms with van der Waals surface area (Å²) in [7, 11) is 0. The van der Waals surface area contributed by atoms with Gasteiger partial charge in [0.1, 0.15) is 11.9 Å². The number of hydrogen-bond donors (Lipinski definition) is 2. The monoisotopic (exact) mass is 222 g/mol. The Labute approximate surface area is 95.2 Å². The van der Waals surface area contributed by atoms with Crippen LogP contribution in [0.5, 0.6) is 5.88 Å². The molecule has 0 amide bonds. The van der Waals surface area contributed by atoms with E-state index in [0.29, 0.717) is 11.7 Å². The summed E-state index contributed by atoms with van der Waals surface area (Å²) in [6.07, 6.45) is 7.47. The van der Waals surface area contributed by atoms with Gasteiger partial charge in [-0.25, -0.2) is 0 Å². The minimum absolute atomic E-state index is 0.170. The fourth-order valence-corrected chi connectivity index (χ4v) is 2.05. The molecule has 1 fully saturated rings. The maximum absolute atomic E-state index is 5.79. The van der Waals surface area contributed by atoms with Gasteiger partial charge in [0.05, 0.1) is 0 Å². The highest BCUT2D eigenvalue weighted by Crippen LogP contribution is 2.22. The molecule has 0 aromatic carbocycles. The van der Waals surface area contributed by atoms with E-state index < -0.39 is 0 Å². The zero-order chi connectivity index (χ0) is 11.4. The lowest BCUT2D eigenvalue weighted by molar-refractivity contribution is 0.176. The lowest BCUT2D eigenvalue weighted by Gasteiger charge is -2.16. The van der Waals surface area contributed by atoms with Gasteiger partial charge in [-0.15, -0.1) is 0 Å². The molecule has 0 spiro atoms. The molecule has 0 saturated heterocycles. The van der Waals surface area contributed by atoms with Gasteiger partial charge in [-0.2, -0.15) is 9.97 Å². The van der Waals surface area contributed by atoms with E-state index in [2.05, 4.69) is 9.97 Å². The van der Waals surface area contributed by atoms with Crippen molar-refractivity contribution in [2.75, 3.05) is 11.5 Å². The van der Waals surface area contributed by atoms with Gasteiger partial charge < -0.3 is 16.2 Å². The normalized spacial score (nSPS) is 18.0. The maximum atomic E-state index is 5.79. The standard InChI is InChI=1S/C11H18N4O/c12-9-7-10(15-11(13)14-9)16-8-5-3-1-2-4-6-8/h7-8H,1-6H2,(H4,12,13,14,15). The van der Waals surface area contributed by atoms with Crippen molar-refractivity contribution < 1.29 is 4.74 Å². The summed E-state index contributed by atoms with van der Waals surface area (Å²) >= 11 is 0. The van der Waals surface area contributed by atoms with E-state index in [1.165, 1.54) is 25.7 Å². The number of anilines is 2. The Morgan fingerprint density at radius 2 is 1.75 bits per heavy atom. The van der Waals surface area contributed by atoms with Crippen LogP contribution >= 0.6 is 0 Å². The molecule has 1 aromatic heterocycles. The zero-order valence-electron chi connectivity index (χ0n) is 9.35. The summed E-state index contributed by atoms with van der Waals surface area (Å²) in [5.41, 5.74) is 11.1. The lowest BCUT2D eigenvalue weighted by atomic mass is 10.1. The second-order valence-corrected chi connectivity index (χ2v) is 4.22. The summed E-state index contributed by atoms with van der Waals surface area (Å²) in [6.45, 7) is 0. The van der Waals surface area contributed by atoms with Crippen molar-refractivity contribution in [3.8, 4) is 5.88 Å². The lowest BCUT2D eigenvalue weighted by Crippen LogP contribution is -2.16. The molecule has 0 unspecified atom stereocenters. The number of hydrogen-bond acceptors (Lipinski definition) is 5. The van der Waals surface area contributed by atoms with Crippen LogP contribution in [-0.2, 0) is 0 Å². The minimum atomic E-state index is 0.170. The van der Waals surface area contributed by atoms with Crippen molar-refractivity contribution in [1.82, 2.24) is 9.97 Å². The number of ether oxygens (including phenoxy) is 1. The smallest absolute Gasteiger partial charge is 0.225 e. The first kappa shape index (κ1) is 11.0. The van der Waals surface area contributed by atoms with E-state index in [0.717, 1.165) is 12.8 Å². The quantitative estimate of drug-likeness (QED) is 0.744. The van der Waals surface area contributed by atoms with Crippen molar-refractivity contribution >= 4 is 11.8 Å². The van der Waals surface area contributed by atoms with Crippen LogP contribution in [0.15, 0.2) is 6.07 Å². The Morgan fingerprint density at radius 1 is 1.06 bits per heavy atom. The Kier molecular flexibility index (Phi) is 3.44. The first-order valence-corrected chi connectivity index (χ1v) is 5.81. The fraction of sp³-hybridized carbons (Fsp3) is 0.636. The summed E-state index contributed by atoms with van der Waals surface area (Å²) in [4.78, 5) is 7.83. The van der Waals surface area contributed by atoms with Crippen molar-refractivity contribution in [2.45, 2.75) is 44.6 Å². The summed E-state index contributed by atoms with van der Waals surface area (Å²) in [5.74, 6) is 1.02. The molecule has 0 aliphatic heterocycles. The SMILES string of the molecule is Nc1cc(OC2CCCCCC2)nc(N)n1. The predicted molar refractivity (Wildman–Crippen MR) is 63.0 cm³/mol. The summed E-state index contributed by atoms with van der Waals surface area (Å²) in [6, 6.07) is 1.63. The molecule has 1 aliphatic carbocycles. The van der Waals surface area contributed by atoms with E-state index in [4.69, 9.17) is 16.2 Å². The number of aromatic nitrogens is 2. The van der Waals surface area contributed by atoms with Gasteiger partial charge in [-0.3, -0.25) is 0 Å². The second kappa shape index (κ2) is 5.01. The molecule has 0 atom stereocenters. The predicted octanol–water partition coefficient (Wildman–Crippen LogP) is 1.74. The Balaban J connectivity index is 2.01. The van der Waals surface area contributed by atoms with Crippen molar-refractivity contribution in [1.29, 1.82) is 0 Å². The summed E-state index contributed by atoms with van der Waals surface area (Å²) in [5, 5.41) is 0. The van der Waals surface area contributed by atoms with Crippen molar-refractivity contribution in [3.63, 3.8) is 0 Å². The van der Waals surface area contributed by atoms with Crippen molar-refractivity contribution in [2.24, 2.45) is 0 Å². The molecular formula is C11H18N4O.